The Balaban J connectivity index is 0.00000225. The maximum absolute atomic E-state index is 5.38. The lowest BCUT2D eigenvalue weighted by atomic mass is 10.1. The average molecular weight is 367 g/mol. The zero-order valence-corrected chi connectivity index (χ0v) is 15.4. The first-order chi connectivity index (χ1) is 11.7. The largest absolute Gasteiger partial charge is 0.497 e. The predicted molar refractivity (Wildman–Crippen MR) is 98.3 cm³/mol. The highest BCUT2D eigenvalue weighted by atomic mass is 35.5. The zero-order valence-electron chi connectivity index (χ0n) is 14.6. The number of nitrogens with zero attached hydrogens (tertiary/aromatic N) is 3. The van der Waals surface area contributed by atoms with Crippen molar-refractivity contribution in [1.29, 1.82) is 0 Å². The fourth-order valence-electron chi connectivity index (χ4n) is 2.66. The summed E-state index contributed by atoms with van der Waals surface area (Å²) in [6, 6.07) is 5.77. The van der Waals surface area contributed by atoms with Crippen LogP contribution in [0.25, 0.3) is 12.2 Å². The molecule has 0 bridgehead atoms. The Kier molecular flexibility index (Phi) is 6.81. The van der Waals surface area contributed by atoms with Crippen molar-refractivity contribution in [2.45, 2.75) is 6.04 Å². The molecule has 1 aromatic carbocycles. The normalized spacial score (nSPS) is 18.1. The Labute approximate surface area is 153 Å². The second-order valence-electron chi connectivity index (χ2n) is 5.63. The number of methoxy groups -OCH3 is 2. The first-order valence-electron chi connectivity index (χ1n) is 7.86. The molecule has 2 heterocycles. The van der Waals surface area contributed by atoms with Crippen molar-refractivity contribution in [3.05, 3.63) is 35.5 Å². The van der Waals surface area contributed by atoms with Gasteiger partial charge in [0, 0.05) is 37.3 Å². The zero-order chi connectivity index (χ0) is 16.9. The Morgan fingerprint density at radius 1 is 1.28 bits per heavy atom. The van der Waals surface area contributed by atoms with Gasteiger partial charge in [0.25, 0.3) is 5.89 Å². The molecule has 1 fully saturated rings. The van der Waals surface area contributed by atoms with E-state index in [4.69, 9.17) is 14.0 Å². The topological polar surface area (TPSA) is 72.7 Å². The first kappa shape index (κ1) is 19.2. The van der Waals surface area contributed by atoms with Gasteiger partial charge in [-0.3, -0.25) is 4.90 Å². The van der Waals surface area contributed by atoms with E-state index in [2.05, 4.69) is 27.4 Å². The van der Waals surface area contributed by atoms with E-state index in [9.17, 15) is 0 Å². The van der Waals surface area contributed by atoms with E-state index in [-0.39, 0.29) is 18.4 Å². The monoisotopic (exact) mass is 366 g/mol. The summed E-state index contributed by atoms with van der Waals surface area (Å²) >= 11 is 0. The third-order valence-corrected chi connectivity index (χ3v) is 4.11. The molecule has 136 valence electrons. The number of hydrogen-bond donors (Lipinski definition) is 1. The van der Waals surface area contributed by atoms with Crippen LogP contribution < -0.4 is 14.8 Å². The molecule has 8 heteroatoms. The molecule has 0 aliphatic carbocycles. The molecule has 1 N–H and O–H groups in total. The summed E-state index contributed by atoms with van der Waals surface area (Å²) in [4.78, 5) is 6.70. The van der Waals surface area contributed by atoms with Crippen LogP contribution >= 0.6 is 12.4 Å². The summed E-state index contributed by atoms with van der Waals surface area (Å²) < 4.78 is 15.9. The Morgan fingerprint density at radius 2 is 2.12 bits per heavy atom. The van der Waals surface area contributed by atoms with Crippen molar-refractivity contribution in [2.24, 2.45) is 0 Å². The average Bonchev–Trinajstić information content (AvgIpc) is 3.09. The maximum Gasteiger partial charge on any atom is 0.250 e. The van der Waals surface area contributed by atoms with Crippen LogP contribution in [0.4, 0.5) is 0 Å². The molecule has 1 aromatic heterocycles. The molecule has 1 unspecified atom stereocenters. The molecule has 1 aliphatic rings. The van der Waals surface area contributed by atoms with Crippen molar-refractivity contribution in [3.8, 4) is 11.5 Å². The Hall–Kier alpha value is -2.09. The predicted octanol–water partition coefficient (Wildman–Crippen LogP) is 2.26. The van der Waals surface area contributed by atoms with Gasteiger partial charge in [0.15, 0.2) is 5.82 Å². The molecule has 7 nitrogen and oxygen atoms in total. The van der Waals surface area contributed by atoms with Crippen LogP contribution in [0.2, 0.25) is 0 Å². The fraction of sp³-hybridized carbons (Fsp3) is 0.412. The number of ether oxygens (including phenoxy) is 2. The number of likely N-dealkylation sites (N-methyl/N-ethyl adjacent to an activating group) is 1. The Bertz CT molecular complexity index is 720. The summed E-state index contributed by atoms with van der Waals surface area (Å²) in [5.41, 5.74) is 0.912. The van der Waals surface area contributed by atoms with Gasteiger partial charge in [-0.1, -0.05) is 5.16 Å². The summed E-state index contributed by atoms with van der Waals surface area (Å²) in [5.74, 6) is 2.64. The molecule has 3 rings (SSSR count). The minimum Gasteiger partial charge on any atom is -0.497 e. The molecule has 0 amide bonds. The smallest absolute Gasteiger partial charge is 0.250 e. The van der Waals surface area contributed by atoms with Crippen LogP contribution in [0.3, 0.4) is 0 Å². The van der Waals surface area contributed by atoms with E-state index in [1.165, 1.54) is 0 Å². The van der Waals surface area contributed by atoms with Gasteiger partial charge >= 0.3 is 0 Å². The summed E-state index contributed by atoms with van der Waals surface area (Å²) in [5, 5.41) is 7.45. The van der Waals surface area contributed by atoms with E-state index in [0.717, 1.165) is 36.7 Å². The molecule has 0 spiro atoms. The molecule has 2 aromatic rings. The molecular formula is C17H23ClN4O3. The van der Waals surface area contributed by atoms with Gasteiger partial charge in [-0.05, 0) is 25.3 Å². The van der Waals surface area contributed by atoms with E-state index in [1.807, 2.05) is 24.3 Å². The third-order valence-electron chi connectivity index (χ3n) is 4.11. The minimum atomic E-state index is 0. The van der Waals surface area contributed by atoms with Gasteiger partial charge in [0.05, 0.1) is 20.3 Å². The molecule has 1 saturated heterocycles. The molecule has 25 heavy (non-hydrogen) atoms. The number of hydrogen-bond acceptors (Lipinski definition) is 7. The standard InChI is InChI=1S/C17H22N4O3.ClH/c1-21-9-8-18-11-14(21)17-19-16(24-20-17)7-5-12-4-6-13(22-2)10-15(12)23-3;/h4-7,10,14,18H,8-9,11H2,1-3H3;1H/b7-5+;. The van der Waals surface area contributed by atoms with Crippen LogP contribution in [-0.4, -0.2) is 55.9 Å². The van der Waals surface area contributed by atoms with Crippen LogP contribution in [0.15, 0.2) is 22.7 Å². The van der Waals surface area contributed by atoms with E-state index in [0.29, 0.717) is 11.7 Å². The number of halogens is 1. The van der Waals surface area contributed by atoms with Crippen LogP contribution in [-0.2, 0) is 0 Å². The summed E-state index contributed by atoms with van der Waals surface area (Å²) in [7, 11) is 5.32. The lowest BCUT2D eigenvalue weighted by Gasteiger charge is -2.30. The lowest BCUT2D eigenvalue weighted by molar-refractivity contribution is 0.190. The highest BCUT2D eigenvalue weighted by Crippen LogP contribution is 2.26. The summed E-state index contributed by atoms with van der Waals surface area (Å²) in [6.07, 6.45) is 3.68. The minimum absolute atomic E-state index is 0. The number of rotatable bonds is 5. The van der Waals surface area contributed by atoms with Gasteiger partial charge in [-0.2, -0.15) is 4.98 Å². The van der Waals surface area contributed by atoms with Crippen LogP contribution in [0, 0.1) is 0 Å². The van der Waals surface area contributed by atoms with Crippen molar-refractivity contribution in [1.82, 2.24) is 20.4 Å². The second-order valence-corrected chi connectivity index (χ2v) is 5.63. The molecule has 1 atom stereocenters. The fourth-order valence-corrected chi connectivity index (χ4v) is 2.66. The van der Waals surface area contributed by atoms with Gasteiger partial charge in [-0.15, -0.1) is 12.4 Å². The number of benzene rings is 1. The molecular weight excluding hydrogens is 344 g/mol. The molecule has 0 saturated carbocycles. The SMILES string of the molecule is COc1ccc(/C=C/c2nc(C3CNCCN3C)no2)c(OC)c1.Cl. The van der Waals surface area contributed by atoms with E-state index >= 15 is 0 Å². The highest BCUT2D eigenvalue weighted by Gasteiger charge is 2.24. The quantitative estimate of drug-likeness (QED) is 0.870. The first-order valence-corrected chi connectivity index (χ1v) is 7.86. The number of piperazine rings is 1. The number of nitrogens with one attached hydrogen (secondary N) is 1. The van der Waals surface area contributed by atoms with Crippen LogP contribution in [0.5, 0.6) is 11.5 Å². The van der Waals surface area contributed by atoms with Gasteiger partial charge in [-0.25, -0.2) is 0 Å². The van der Waals surface area contributed by atoms with Gasteiger partial charge < -0.3 is 19.3 Å². The number of aromatic nitrogens is 2. The van der Waals surface area contributed by atoms with Crippen molar-refractivity contribution in [3.63, 3.8) is 0 Å². The van der Waals surface area contributed by atoms with E-state index < -0.39 is 0 Å². The van der Waals surface area contributed by atoms with E-state index in [1.54, 1.807) is 20.3 Å². The van der Waals surface area contributed by atoms with Crippen molar-refractivity contribution < 1.29 is 14.0 Å². The van der Waals surface area contributed by atoms with Gasteiger partial charge in [0.2, 0.25) is 0 Å². The maximum atomic E-state index is 5.38. The molecule has 0 radical (unpaired) electrons. The Morgan fingerprint density at radius 3 is 2.84 bits per heavy atom. The van der Waals surface area contributed by atoms with Crippen molar-refractivity contribution in [2.75, 3.05) is 40.9 Å². The van der Waals surface area contributed by atoms with Crippen LogP contribution in [0.1, 0.15) is 23.3 Å². The van der Waals surface area contributed by atoms with Gasteiger partial charge in [0.1, 0.15) is 11.5 Å². The highest BCUT2D eigenvalue weighted by molar-refractivity contribution is 5.85. The third kappa shape index (κ3) is 4.50. The second kappa shape index (κ2) is 8.84. The lowest BCUT2D eigenvalue weighted by Crippen LogP contribution is -2.44. The summed E-state index contributed by atoms with van der Waals surface area (Å²) in [6.45, 7) is 2.77. The van der Waals surface area contributed by atoms with Crippen molar-refractivity contribution >= 4 is 24.6 Å². The molecule has 1 aliphatic heterocycles.